The van der Waals surface area contributed by atoms with Gasteiger partial charge in [-0.2, -0.15) is 0 Å². The Hall–Kier alpha value is -2.05. The summed E-state index contributed by atoms with van der Waals surface area (Å²) in [4.78, 5) is 17.1. The van der Waals surface area contributed by atoms with Crippen LogP contribution < -0.4 is 5.32 Å². The van der Waals surface area contributed by atoms with E-state index in [0.29, 0.717) is 26.3 Å². The molecule has 0 spiro atoms. The van der Waals surface area contributed by atoms with Crippen molar-refractivity contribution in [3.05, 3.63) is 30.5 Å². The summed E-state index contributed by atoms with van der Waals surface area (Å²) in [6.07, 6.45) is 1.87. The normalized spacial score (nSPS) is 10.8. The van der Waals surface area contributed by atoms with Crippen molar-refractivity contribution in [2.45, 2.75) is 0 Å². The van der Waals surface area contributed by atoms with E-state index in [-0.39, 0.29) is 6.03 Å². The summed E-state index contributed by atoms with van der Waals surface area (Å²) in [7, 11) is 3.23. The second-order valence-electron chi connectivity index (χ2n) is 4.68. The van der Waals surface area contributed by atoms with Gasteiger partial charge in [-0.3, -0.25) is 0 Å². The summed E-state index contributed by atoms with van der Waals surface area (Å²) in [5.41, 5.74) is 1.82. The zero-order valence-corrected chi connectivity index (χ0v) is 12.4. The number of hydrogen-bond donors (Lipinski definition) is 2. The van der Waals surface area contributed by atoms with Crippen molar-refractivity contribution < 1.29 is 14.3 Å². The average Bonchev–Trinajstić information content (AvgIpc) is 2.95. The SMILES string of the molecule is COCCN(CCOC)C(=O)Nc1ccc2[nH]ccc2c1. The Balaban J connectivity index is 2.01. The molecular formula is C15H21N3O3. The van der Waals surface area contributed by atoms with Crippen LogP contribution in [0.15, 0.2) is 30.5 Å². The predicted octanol–water partition coefficient (Wildman–Crippen LogP) is 2.29. The molecule has 0 saturated heterocycles. The summed E-state index contributed by atoms with van der Waals surface area (Å²) in [6.45, 7) is 2.04. The molecule has 21 heavy (non-hydrogen) atoms. The van der Waals surface area contributed by atoms with Crippen molar-refractivity contribution in [3.8, 4) is 0 Å². The van der Waals surface area contributed by atoms with Crippen molar-refractivity contribution in [1.29, 1.82) is 0 Å². The van der Waals surface area contributed by atoms with Gasteiger partial charge in [-0.05, 0) is 24.3 Å². The van der Waals surface area contributed by atoms with Crippen LogP contribution in [0.4, 0.5) is 10.5 Å². The molecule has 0 radical (unpaired) electrons. The molecule has 2 aromatic rings. The van der Waals surface area contributed by atoms with E-state index in [0.717, 1.165) is 16.6 Å². The van der Waals surface area contributed by atoms with Crippen LogP contribution in [0.5, 0.6) is 0 Å². The number of aromatic nitrogens is 1. The highest BCUT2D eigenvalue weighted by atomic mass is 16.5. The Bertz CT molecular complexity index is 574. The minimum atomic E-state index is -0.154. The number of aromatic amines is 1. The Morgan fingerprint density at radius 1 is 1.19 bits per heavy atom. The molecule has 0 bridgehead atoms. The molecule has 6 nitrogen and oxygen atoms in total. The number of benzene rings is 1. The lowest BCUT2D eigenvalue weighted by atomic mass is 10.2. The minimum absolute atomic E-state index is 0.154. The molecule has 2 rings (SSSR count). The fraction of sp³-hybridized carbons (Fsp3) is 0.400. The maximum atomic E-state index is 12.3. The van der Waals surface area contributed by atoms with Crippen LogP contribution in [0.1, 0.15) is 0 Å². The van der Waals surface area contributed by atoms with Gasteiger partial charge in [-0.15, -0.1) is 0 Å². The quantitative estimate of drug-likeness (QED) is 0.822. The van der Waals surface area contributed by atoms with E-state index in [1.165, 1.54) is 0 Å². The molecule has 0 fully saturated rings. The van der Waals surface area contributed by atoms with Gasteiger partial charge in [-0.1, -0.05) is 0 Å². The fourth-order valence-corrected chi connectivity index (χ4v) is 2.05. The van der Waals surface area contributed by atoms with E-state index >= 15 is 0 Å². The Morgan fingerprint density at radius 3 is 2.57 bits per heavy atom. The highest BCUT2D eigenvalue weighted by Crippen LogP contribution is 2.18. The lowest BCUT2D eigenvalue weighted by Crippen LogP contribution is -2.39. The number of ether oxygens (including phenoxy) is 2. The van der Waals surface area contributed by atoms with Crippen LogP contribution in [0.25, 0.3) is 10.9 Å². The van der Waals surface area contributed by atoms with Gasteiger partial charge in [-0.25, -0.2) is 4.79 Å². The predicted molar refractivity (Wildman–Crippen MR) is 82.6 cm³/mol. The number of amides is 2. The number of methoxy groups -OCH3 is 2. The number of rotatable bonds is 7. The molecule has 2 N–H and O–H groups in total. The van der Waals surface area contributed by atoms with Gasteiger partial charge < -0.3 is 24.7 Å². The molecule has 0 saturated carbocycles. The molecule has 1 heterocycles. The number of hydrogen-bond acceptors (Lipinski definition) is 3. The molecule has 114 valence electrons. The van der Waals surface area contributed by atoms with Crippen LogP contribution in [-0.2, 0) is 9.47 Å². The Morgan fingerprint density at radius 2 is 1.90 bits per heavy atom. The molecule has 0 unspecified atom stereocenters. The van der Waals surface area contributed by atoms with Crippen LogP contribution in [0.2, 0.25) is 0 Å². The zero-order chi connectivity index (χ0) is 15.1. The van der Waals surface area contributed by atoms with Crippen LogP contribution in [0, 0.1) is 0 Å². The number of nitrogens with zero attached hydrogens (tertiary/aromatic N) is 1. The lowest BCUT2D eigenvalue weighted by Gasteiger charge is -2.22. The Kier molecular flexibility index (Phi) is 5.59. The highest BCUT2D eigenvalue weighted by molar-refractivity contribution is 5.92. The van der Waals surface area contributed by atoms with E-state index in [1.807, 2.05) is 30.5 Å². The number of H-pyrrole nitrogens is 1. The van der Waals surface area contributed by atoms with E-state index in [9.17, 15) is 4.79 Å². The third-order valence-electron chi connectivity index (χ3n) is 3.22. The molecule has 0 aliphatic carbocycles. The smallest absolute Gasteiger partial charge is 0.321 e. The summed E-state index contributed by atoms with van der Waals surface area (Å²) in [5, 5.41) is 3.97. The maximum absolute atomic E-state index is 12.3. The Labute approximate surface area is 124 Å². The molecule has 0 aliphatic heterocycles. The van der Waals surface area contributed by atoms with Gasteiger partial charge in [0.1, 0.15) is 0 Å². The van der Waals surface area contributed by atoms with Gasteiger partial charge >= 0.3 is 6.03 Å². The summed E-state index contributed by atoms with van der Waals surface area (Å²) in [6, 6.07) is 7.58. The first-order chi connectivity index (χ1) is 10.2. The maximum Gasteiger partial charge on any atom is 0.321 e. The van der Waals surface area contributed by atoms with Crippen molar-refractivity contribution >= 4 is 22.6 Å². The second-order valence-corrected chi connectivity index (χ2v) is 4.68. The van der Waals surface area contributed by atoms with Crippen molar-refractivity contribution in [2.75, 3.05) is 45.8 Å². The summed E-state index contributed by atoms with van der Waals surface area (Å²) in [5.74, 6) is 0. The van der Waals surface area contributed by atoms with Gasteiger partial charge in [0.2, 0.25) is 0 Å². The minimum Gasteiger partial charge on any atom is -0.383 e. The number of fused-ring (bicyclic) bond motifs is 1. The first-order valence-electron chi connectivity index (χ1n) is 6.85. The molecule has 0 atom stereocenters. The number of carbonyl (C=O) groups excluding carboxylic acids is 1. The molecule has 6 heteroatoms. The zero-order valence-electron chi connectivity index (χ0n) is 12.4. The number of anilines is 1. The topological polar surface area (TPSA) is 66.6 Å². The average molecular weight is 291 g/mol. The van der Waals surface area contributed by atoms with Gasteiger partial charge in [0.25, 0.3) is 0 Å². The third-order valence-corrected chi connectivity index (χ3v) is 3.22. The van der Waals surface area contributed by atoms with E-state index in [2.05, 4.69) is 10.3 Å². The van der Waals surface area contributed by atoms with Crippen molar-refractivity contribution in [3.63, 3.8) is 0 Å². The van der Waals surface area contributed by atoms with Crippen LogP contribution >= 0.6 is 0 Å². The molecule has 1 aromatic heterocycles. The number of urea groups is 1. The van der Waals surface area contributed by atoms with Gasteiger partial charge in [0, 0.05) is 50.1 Å². The summed E-state index contributed by atoms with van der Waals surface area (Å²) < 4.78 is 10.1. The van der Waals surface area contributed by atoms with Crippen LogP contribution in [0.3, 0.4) is 0 Å². The fourth-order valence-electron chi connectivity index (χ4n) is 2.05. The van der Waals surface area contributed by atoms with E-state index < -0.39 is 0 Å². The lowest BCUT2D eigenvalue weighted by molar-refractivity contribution is 0.127. The van der Waals surface area contributed by atoms with E-state index in [1.54, 1.807) is 19.1 Å². The largest absolute Gasteiger partial charge is 0.383 e. The van der Waals surface area contributed by atoms with Gasteiger partial charge in [0.15, 0.2) is 0 Å². The van der Waals surface area contributed by atoms with Crippen molar-refractivity contribution in [1.82, 2.24) is 9.88 Å². The number of carbonyl (C=O) groups is 1. The first kappa shape index (κ1) is 15.3. The standard InChI is InChI=1S/C15H21N3O3/c1-20-9-7-18(8-10-21-2)15(19)17-13-3-4-14-12(11-13)5-6-16-14/h3-6,11,16H,7-10H2,1-2H3,(H,17,19). The van der Waals surface area contributed by atoms with Crippen LogP contribution in [-0.4, -0.2) is 56.4 Å². The first-order valence-corrected chi connectivity index (χ1v) is 6.85. The molecule has 1 aromatic carbocycles. The molecule has 2 amide bonds. The third kappa shape index (κ3) is 4.21. The molecular weight excluding hydrogens is 270 g/mol. The van der Waals surface area contributed by atoms with E-state index in [4.69, 9.17) is 9.47 Å². The molecule has 0 aliphatic rings. The highest BCUT2D eigenvalue weighted by Gasteiger charge is 2.13. The second kappa shape index (κ2) is 7.66. The monoisotopic (exact) mass is 291 g/mol. The van der Waals surface area contributed by atoms with Crippen molar-refractivity contribution in [2.24, 2.45) is 0 Å². The summed E-state index contributed by atoms with van der Waals surface area (Å²) >= 11 is 0. The number of nitrogens with one attached hydrogen (secondary N) is 2. The van der Waals surface area contributed by atoms with Gasteiger partial charge in [0.05, 0.1) is 13.2 Å².